The maximum Gasteiger partial charge on any atom is 0.164 e. The number of hydrogen-bond donors (Lipinski definition) is 0. The molecule has 1 aliphatic rings. The van der Waals surface area contributed by atoms with Gasteiger partial charge in [0.1, 0.15) is 0 Å². The summed E-state index contributed by atoms with van der Waals surface area (Å²) < 4.78 is 2.23. The fourth-order valence-corrected chi connectivity index (χ4v) is 2.59. The van der Waals surface area contributed by atoms with E-state index >= 15 is 0 Å². The number of hydrogen-bond acceptors (Lipinski definition) is 1. The Morgan fingerprint density at radius 3 is 2.76 bits per heavy atom. The van der Waals surface area contributed by atoms with Crippen LogP contribution in [0.1, 0.15) is 67.8 Å². The van der Waals surface area contributed by atoms with E-state index in [0.717, 1.165) is 31.4 Å². The molecule has 0 spiro atoms. The zero-order valence-corrected chi connectivity index (χ0v) is 10.9. The van der Waals surface area contributed by atoms with Gasteiger partial charge in [-0.05, 0) is 31.2 Å². The first-order chi connectivity index (χ1) is 8.31. The summed E-state index contributed by atoms with van der Waals surface area (Å²) in [4.78, 5) is 11.9. The number of aromatic nitrogens is 1. The van der Waals surface area contributed by atoms with Crippen LogP contribution in [0.15, 0.2) is 12.4 Å². The van der Waals surface area contributed by atoms with Crippen molar-refractivity contribution in [1.29, 1.82) is 0 Å². The molecular weight excluding hydrogens is 210 g/mol. The van der Waals surface area contributed by atoms with Crippen molar-refractivity contribution in [3.8, 4) is 0 Å². The van der Waals surface area contributed by atoms with Crippen LogP contribution in [0.3, 0.4) is 0 Å². The summed E-state index contributed by atoms with van der Waals surface area (Å²) in [6.07, 6.45) is 13.5. The quantitative estimate of drug-likeness (QED) is 0.557. The average Bonchev–Trinajstić information content (AvgIpc) is 2.66. The number of carbonyl (C=O) groups excluding carboxylic acids is 1. The van der Waals surface area contributed by atoms with Gasteiger partial charge in [0.05, 0.1) is 0 Å². The van der Waals surface area contributed by atoms with E-state index in [9.17, 15) is 4.79 Å². The van der Waals surface area contributed by atoms with E-state index in [0.29, 0.717) is 5.78 Å². The minimum atomic E-state index is 0.352. The molecule has 2 heteroatoms. The number of Topliss-reactive ketones (excluding diaryl/α,β-unsaturated/α-hetero) is 1. The van der Waals surface area contributed by atoms with Crippen molar-refractivity contribution in [3.05, 3.63) is 23.5 Å². The highest BCUT2D eigenvalue weighted by Gasteiger charge is 2.17. The van der Waals surface area contributed by atoms with Gasteiger partial charge in [-0.2, -0.15) is 0 Å². The van der Waals surface area contributed by atoms with Gasteiger partial charge in [-0.1, -0.05) is 26.2 Å². The van der Waals surface area contributed by atoms with Gasteiger partial charge < -0.3 is 4.57 Å². The molecule has 17 heavy (non-hydrogen) atoms. The van der Waals surface area contributed by atoms with E-state index in [1.165, 1.54) is 37.7 Å². The molecule has 0 amide bonds. The van der Waals surface area contributed by atoms with Gasteiger partial charge in [-0.25, -0.2) is 0 Å². The van der Waals surface area contributed by atoms with Crippen LogP contribution in [-0.2, 0) is 13.0 Å². The van der Waals surface area contributed by atoms with Gasteiger partial charge in [0.2, 0.25) is 0 Å². The molecule has 0 unspecified atom stereocenters. The number of ketones is 1. The first-order valence-corrected chi connectivity index (χ1v) is 7.03. The van der Waals surface area contributed by atoms with E-state index < -0.39 is 0 Å². The van der Waals surface area contributed by atoms with Gasteiger partial charge >= 0.3 is 0 Å². The number of fused-ring (bicyclic) bond motifs is 1. The van der Waals surface area contributed by atoms with Crippen LogP contribution in [0, 0.1) is 0 Å². The Morgan fingerprint density at radius 1 is 1.12 bits per heavy atom. The minimum absolute atomic E-state index is 0.352. The van der Waals surface area contributed by atoms with E-state index in [2.05, 4.69) is 23.9 Å². The van der Waals surface area contributed by atoms with Crippen LogP contribution in [0.2, 0.25) is 0 Å². The smallest absolute Gasteiger partial charge is 0.164 e. The molecular formula is C15H23NO. The molecule has 0 N–H and O–H groups in total. The third-order valence-corrected chi connectivity index (χ3v) is 3.63. The van der Waals surface area contributed by atoms with Crippen LogP contribution >= 0.6 is 0 Å². The van der Waals surface area contributed by atoms with Crippen molar-refractivity contribution in [1.82, 2.24) is 4.57 Å². The summed E-state index contributed by atoms with van der Waals surface area (Å²) in [5.74, 6) is 0.352. The van der Waals surface area contributed by atoms with Gasteiger partial charge in [0.25, 0.3) is 0 Å². The number of rotatable bonds is 5. The molecule has 0 bridgehead atoms. The molecule has 2 rings (SSSR count). The molecule has 0 aromatic carbocycles. The van der Waals surface area contributed by atoms with Crippen LogP contribution in [0.5, 0.6) is 0 Å². The molecule has 1 heterocycles. The zero-order valence-electron chi connectivity index (χ0n) is 10.9. The summed E-state index contributed by atoms with van der Waals surface area (Å²) in [6, 6.07) is 0. The third-order valence-electron chi connectivity index (χ3n) is 3.63. The molecule has 94 valence electrons. The summed E-state index contributed by atoms with van der Waals surface area (Å²) in [7, 11) is 0. The number of nitrogens with zero attached hydrogens (tertiary/aromatic N) is 1. The second-order valence-corrected chi connectivity index (χ2v) is 5.13. The van der Waals surface area contributed by atoms with E-state index in [1.807, 2.05) is 0 Å². The van der Waals surface area contributed by atoms with Gasteiger partial charge in [-0.3, -0.25) is 4.79 Å². The maximum absolute atomic E-state index is 11.9. The summed E-state index contributed by atoms with van der Waals surface area (Å²) in [5.41, 5.74) is 2.28. The molecule has 2 nitrogen and oxygen atoms in total. The highest BCUT2D eigenvalue weighted by atomic mass is 16.1. The number of unbranched alkanes of at least 4 members (excludes halogenated alkanes) is 3. The number of aryl methyl sites for hydroxylation is 2. The predicted octanol–water partition coefficient (Wildman–Crippen LogP) is 3.98. The fourth-order valence-electron chi connectivity index (χ4n) is 2.59. The van der Waals surface area contributed by atoms with Crippen molar-refractivity contribution in [2.45, 2.75) is 64.8 Å². The average molecular weight is 233 g/mol. The van der Waals surface area contributed by atoms with E-state index in [-0.39, 0.29) is 0 Å². The maximum atomic E-state index is 11.9. The van der Waals surface area contributed by atoms with Crippen molar-refractivity contribution in [2.24, 2.45) is 0 Å². The lowest BCUT2D eigenvalue weighted by Crippen LogP contribution is -1.98. The Kier molecular flexibility index (Phi) is 4.41. The summed E-state index contributed by atoms with van der Waals surface area (Å²) >= 11 is 0. The van der Waals surface area contributed by atoms with E-state index in [1.54, 1.807) is 0 Å². The Bertz CT molecular complexity index is 378. The van der Waals surface area contributed by atoms with Crippen molar-refractivity contribution in [3.63, 3.8) is 0 Å². The van der Waals surface area contributed by atoms with Gasteiger partial charge in [0.15, 0.2) is 5.78 Å². The lowest BCUT2D eigenvalue weighted by Gasteiger charge is -2.02. The van der Waals surface area contributed by atoms with Crippen LogP contribution in [0.4, 0.5) is 0 Å². The molecule has 0 radical (unpaired) electrons. The lowest BCUT2D eigenvalue weighted by molar-refractivity contribution is 0.0982. The Labute approximate surface area is 104 Å². The second kappa shape index (κ2) is 6.04. The van der Waals surface area contributed by atoms with Crippen LogP contribution in [0.25, 0.3) is 0 Å². The first-order valence-electron chi connectivity index (χ1n) is 7.03. The van der Waals surface area contributed by atoms with Gasteiger partial charge in [-0.15, -0.1) is 0 Å². The molecule has 0 saturated carbocycles. The highest BCUT2D eigenvalue weighted by molar-refractivity contribution is 5.97. The molecule has 1 aliphatic carbocycles. The SMILES string of the molecule is CCCCCCn1cc2c(c1)C(=O)CCCC2. The normalized spacial score (nSPS) is 15.7. The van der Waals surface area contributed by atoms with E-state index in [4.69, 9.17) is 0 Å². The molecule has 0 saturated heterocycles. The fraction of sp³-hybridized carbons (Fsp3) is 0.667. The number of carbonyl (C=O) groups is 1. The summed E-state index contributed by atoms with van der Waals surface area (Å²) in [6.45, 7) is 3.30. The monoisotopic (exact) mass is 233 g/mol. The Morgan fingerprint density at radius 2 is 1.94 bits per heavy atom. The van der Waals surface area contributed by atoms with Crippen LogP contribution < -0.4 is 0 Å². The molecule has 0 fully saturated rings. The van der Waals surface area contributed by atoms with Crippen LogP contribution in [-0.4, -0.2) is 10.4 Å². The lowest BCUT2D eigenvalue weighted by atomic mass is 10.1. The van der Waals surface area contributed by atoms with Gasteiger partial charge in [0, 0.05) is 30.9 Å². The molecule has 0 atom stereocenters. The largest absolute Gasteiger partial charge is 0.353 e. The zero-order chi connectivity index (χ0) is 12.1. The first kappa shape index (κ1) is 12.4. The minimum Gasteiger partial charge on any atom is -0.353 e. The standard InChI is InChI=1S/C15H23NO/c1-2-3-4-7-10-16-11-13-8-5-6-9-15(17)14(13)12-16/h11-12H,2-10H2,1H3. The van der Waals surface area contributed by atoms with Crippen molar-refractivity contribution in [2.75, 3.05) is 0 Å². The molecule has 0 aliphatic heterocycles. The molecule has 1 aromatic heterocycles. The highest BCUT2D eigenvalue weighted by Crippen LogP contribution is 2.21. The summed E-state index contributed by atoms with van der Waals surface area (Å²) in [5, 5.41) is 0. The second-order valence-electron chi connectivity index (χ2n) is 5.13. The Hall–Kier alpha value is -1.05. The third kappa shape index (κ3) is 3.21. The predicted molar refractivity (Wildman–Crippen MR) is 70.5 cm³/mol. The van der Waals surface area contributed by atoms with Crippen molar-refractivity contribution < 1.29 is 4.79 Å². The Balaban J connectivity index is 1.96. The topological polar surface area (TPSA) is 22.0 Å². The molecule has 1 aromatic rings. The van der Waals surface area contributed by atoms with Crippen molar-refractivity contribution >= 4 is 5.78 Å².